The molecule has 1 saturated heterocycles. The summed E-state index contributed by atoms with van der Waals surface area (Å²) in [4.78, 5) is 39.3. The molecule has 2 aromatic rings. The number of aliphatic carboxylic acids is 1. The quantitative estimate of drug-likeness (QED) is 0.906. The lowest BCUT2D eigenvalue weighted by Crippen LogP contribution is -2.31. The lowest BCUT2D eigenvalue weighted by molar-refractivity contribution is -0.141. The smallest absolute Gasteiger partial charge is 0.308 e. The molecular weight excluding hydrogens is 336 g/mol. The summed E-state index contributed by atoms with van der Waals surface area (Å²) in [6, 6.07) is 9.27. The van der Waals surface area contributed by atoms with E-state index in [2.05, 4.69) is 0 Å². The van der Waals surface area contributed by atoms with E-state index < -0.39 is 11.9 Å². The van der Waals surface area contributed by atoms with Crippen molar-refractivity contribution in [3.63, 3.8) is 0 Å². The van der Waals surface area contributed by atoms with Crippen LogP contribution in [0.4, 0.5) is 5.69 Å². The molecule has 2 aliphatic rings. The predicted octanol–water partition coefficient (Wildman–Crippen LogP) is 1.92. The Hall–Kier alpha value is -3.09. The SMILES string of the molecule is O=C(O)C1CCN(C(=O)c2occc2CN2C(=O)Cc3ccccc32)C1. The number of carbonyl (C=O) groups is 3. The molecule has 3 heterocycles. The Morgan fingerprint density at radius 3 is 2.81 bits per heavy atom. The van der Waals surface area contributed by atoms with Crippen molar-refractivity contribution in [2.75, 3.05) is 18.0 Å². The second-order valence-electron chi connectivity index (χ2n) is 6.64. The third-order valence-corrected chi connectivity index (χ3v) is 5.02. The van der Waals surface area contributed by atoms with Crippen LogP contribution >= 0.6 is 0 Å². The molecule has 1 atom stereocenters. The number of carboxylic acid groups (broad SMARTS) is 1. The van der Waals surface area contributed by atoms with Crippen LogP contribution in [0.25, 0.3) is 0 Å². The zero-order chi connectivity index (χ0) is 18.3. The van der Waals surface area contributed by atoms with Gasteiger partial charge in [-0.3, -0.25) is 14.4 Å². The van der Waals surface area contributed by atoms with Crippen molar-refractivity contribution in [3.8, 4) is 0 Å². The Kier molecular flexibility index (Phi) is 3.99. The highest BCUT2D eigenvalue weighted by atomic mass is 16.4. The number of likely N-dealkylation sites (tertiary alicyclic amines) is 1. The maximum atomic E-state index is 12.7. The highest BCUT2D eigenvalue weighted by Crippen LogP contribution is 2.31. The van der Waals surface area contributed by atoms with Crippen molar-refractivity contribution in [2.45, 2.75) is 19.4 Å². The van der Waals surface area contributed by atoms with E-state index >= 15 is 0 Å². The number of amides is 2. The summed E-state index contributed by atoms with van der Waals surface area (Å²) in [5.74, 6) is -1.59. The lowest BCUT2D eigenvalue weighted by atomic mass is 10.1. The molecule has 0 saturated carbocycles. The number of nitrogens with zero attached hydrogens (tertiary/aromatic N) is 2. The number of furan rings is 1. The maximum Gasteiger partial charge on any atom is 0.308 e. The highest BCUT2D eigenvalue weighted by Gasteiger charge is 2.34. The van der Waals surface area contributed by atoms with Crippen molar-refractivity contribution >= 4 is 23.5 Å². The molecule has 1 fully saturated rings. The Balaban J connectivity index is 1.54. The largest absolute Gasteiger partial charge is 0.481 e. The number of carbonyl (C=O) groups excluding carboxylic acids is 2. The predicted molar refractivity (Wildman–Crippen MR) is 91.7 cm³/mol. The number of fused-ring (bicyclic) bond motifs is 1. The van der Waals surface area contributed by atoms with E-state index in [0.29, 0.717) is 24.9 Å². The van der Waals surface area contributed by atoms with Gasteiger partial charge in [0.15, 0.2) is 5.76 Å². The van der Waals surface area contributed by atoms with E-state index in [1.165, 1.54) is 11.2 Å². The van der Waals surface area contributed by atoms with Crippen LogP contribution in [0.1, 0.15) is 28.1 Å². The summed E-state index contributed by atoms with van der Waals surface area (Å²) in [6.45, 7) is 0.824. The summed E-state index contributed by atoms with van der Waals surface area (Å²) in [5, 5.41) is 9.10. The minimum absolute atomic E-state index is 0.0158. The normalized spacial score (nSPS) is 19.1. The number of hydrogen-bond donors (Lipinski definition) is 1. The van der Waals surface area contributed by atoms with Crippen molar-refractivity contribution in [2.24, 2.45) is 5.92 Å². The van der Waals surface area contributed by atoms with Crippen LogP contribution in [0, 0.1) is 5.92 Å². The Bertz CT molecular complexity index is 888. The van der Waals surface area contributed by atoms with Crippen molar-refractivity contribution in [1.29, 1.82) is 0 Å². The van der Waals surface area contributed by atoms with Gasteiger partial charge in [-0.25, -0.2) is 0 Å². The van der Waals surface area contributed by atoms with E-state index in [4.69, 9.17) is 9.52 Å². The molecule has 4 rings (SSSR count). The number of carboxylic acids is 1. The standard InChI is InChI=1S/C19H18N2O5/c22-16-9-12-3-1-2-4-15(12)21(16)11-13-6-8-26-17(13)18(23)20-7-5-14(10-20)19(24)25/h1-4,6,8,14H,5,7,9-11H2,(H,24,25). The van der Waals surface area contributed by atoms with Gasteiger partial charge in [-0.05, 0) is 24.1 Å². The first-order chi connectivity index (χ1) is 12.5. The Morgan fingerprint density at radius 1 is 1.23 bits per heavy atom. The molecule has 1 aromatic carbocycles. The van der Waals surface area contributed by atoms with Crippen LogP contribution in [0.3, 0.4) is 0 Å². The second-order valence-corrected chi connectivity index (χ2v) is 6.64. The van der Waals surface area contributed by atoms with Gasteiger partial charge in [0.2, 0.25) is 5.91 Å². The molecule has 7 heteroatoms. The topological polar surface area (TPSA) is 91.1 Å². The lowest BCUT2D eigenvalue weighted by Gasteiger charge is -2.19. The van der Waals surface area contributed by atoms with Crippen LogP contribution in [-0.2, 0) is 22.6 Å². The van der Waals surface area contributed by atoms with Crippen LogP contribution in [0.5, 0.6) is 0 Å². The van der Waals surface area contributed by atoms with E-state index in [1.54, 1.807) is 11.0 Å². The molecule has 1 unspecified atom stereocenters. The molecule has 0 bridgehead atoms. The third-order valence-electron chi connectivity index (χ3n) is 5.02. The van der Waals surface area contributed by atoms with Crippen molar-refractivity contribution in [1.82, 2.24) is 4.90 Å². The molecule has 1 aromatic heterocycles. The van der Waals surface area contributed by atoms with E-state index in [1.807, 2.05) is 24.3 Å². The molecular formula is C19H18N2O5. The average molecular weight is 354 g/mol. The Labute approximate surface area is 149 Å². The number of anilines is 1. The molecule has 7 nitrogen and oxygen atoms in total. The summed E-state index contributed by atoms with van der Waals surface area (Å²) in [5.41, 5.74) is 2.45. The van der Waals surface area contributed by atoms with Gasteiger partial charge < -0.3 is 19.3 Å². The van der Waals surface area contributed by atoms with Crippen LogP contribution < -0.4 is 4.90 Å². The van der Waals surface area contributed by atoms with Crippen LogP contribution in [-0.4, -0.2) is 40.9 Å². The molecule has 0 aliphatic carbocycles. The summed E-state index contributed by atoms with van der Waals surface area (Å²) < 4.78 is 5.39. The second kappa shape index (κ2) is 6.33. The zero-order valence-corrected chi connectivity index (χ0v) is 14.1. The van der Waals surface area contributed by atoms with Gasteiger partial charge in [0, 0.05) is 24.3 Å². The van der Waals surface area contributed by atoms with E-state index in [-0.39, 0.29) is 30.7 Å². The molecule has 0 radical (unpaired) electrons. The summed E-state index contributed by atoms with van der Waals surface area (Å²) in [6.07, 6.45) is 2.22. The van der Waals surface area contributed by atoms with Gasteiger partial charge in [0.05, 0.1) is 25.1 Å². The fraction of sp³-hybridized carbons (Fsp3) is 0.316. The molecule has 2 aliphatic heterocycles. The fourth-order valence-electron chi connectivity index (χ4n) is 3.60. The molecule has 2 amide bonds. The summed E-state index contributed by atoms with van der Waals surface area (Å²) in [7, 11) is 0. The van der Waals surface area contributed by atoms with E-state index in [9.17, 15) is 14.4 Å². The number of para-hydroxylation sites is 1. The number of rotatable bonds is 4. The first-order valence-corrected chi connectivity index (χ1v) is 8.51. The average Bonchev–Trinajstić information content (AvgIpc) is 3.34. The monoisotopic (exact) mass is 354 g/mol. The molecule has 26 heavy (non-hydrogen) atoms. The molecule has 134 valence electrons. The first kappa shape index (κ1) is 16.4. The Morgan fingerprint density at radius 2 is 2.04 bits per heavy atom. The van der Waals surface area contributed by atoms with Crippen LogP contribution in [0.15, 0.2) is 41.0 Å². The first-order valence-electron chi connectivity index (χ1n) is 8.51. The van der Waals surface area contributed by atoms with Crippen molar-refractivity contribution < 1.29 is 23.9 Å². The van der Waals surface area contributed by atoms with Gasteiger partial charge in [-0.2, -0.15) is 0 Å². The van der Waals surface area contributed by atoms with Gasteiger partial charge >= 0.3 is 5.97 Å². The number of hydrogen-bond acceptors (Lipinski definition) is 4. The summed E-state index contributed by atoms with van der Waals surface area (Å²) >= 11 is 0. The molecule has 1 N–H and O–H groups in total. The molecule has 0 spiro atoms. The van der Waals surface area contributed by atoms with Crippen LogP contribution in [0.2, 0.25) is 0 Å². The van der Waals surface area contributed by atoms with Gasteiger partial charge in [-0.15, -0.1) is 0 Å². The van der Waals surface area contributed by atoms with Gasteiger partial charge in [0.1, 0.15) is 0 Å². The number of benzene rings is 1. The third kappa shape index (κ3) is 2.75. The minimum atomic E-state index is -0.890. The van der Waals surface area contributed by atoms with E-state index in [0.717, 1.165) is 11.3 Å². The maximum absolute atomic E-state index is 12.7. The zero-order valence-electron chi connectivity index (χ0n) is 14.1. The van der Waals surface area contributed by atoms with Crippen molar-refractivity contribution in [3.05, 3.63) is 53.5 Å². The fourth-order valence-corrected chi connectivity index (χ4v) is 3.60. The van der Waals surface area contributed by atoms with Gasteiger partial charge in [0.25, 0.3) is 5.91 Å². The highest BCUT2D eigenvalue weighted by molar-refractivity contribution is 6.01. The minimum Gasteiger partial charge on any atom is -0.481 e. The van der Waals surface area contributed by atoms with Gasteiger partial charge in [-0.1, -0.05) is 18.2 Å².